The van der Waals surface area contributed by atoms with Crippen molar-refractivity contribution in [1.82, 2.24) is 15.5 Å². The minimum Gasteiger partial charge on any atom is -0.381 e. The number of amides is 2. The average molecular weight is 269 g/mol. The molecule has 2 aliphatic heterocycles. The van der Waals surface area contributed by atoms with Gasteiger partial charge in [-0.2, -0.15) is 0 Å². The summed E-state index contributed by atoms with van der Waals surface area (Å²) in [5.41, 5.74) is 0. The zero-order valence-electron chi connectivity index (χ0n) is 11.5. The van der Waals surface area contributed by atoms with Crippen LogP contribution in [0.1, 0.15) is 19.8 Å². The van der Waals surface area contributed by atoms with E-state index in [-0.39, 0.29) is 6.04 Å². The Kier molecular flexibility index (Phi) is 5.15. The molecule has 2 unspecified atom stereocenters. The second-order valence-corrected chi connectivity index (χ2v) is 5.28. The van der Waals surface area contributed by atoms with Crippen molar-refractivity contribution in [3.63, 3.8) is 0 Å². The molecule has 0 spiro atoms. The van der Waals surface area contributed by atoms with Gasteiger partial charge in [0.15, 0.2) is 0 Å². The Bertz CT molecular complexity index is 321. The van der Waals surface area contributed by atoms with Crippen LogP contribution in [0.5, 0.6) is 0 Å². The maximum atomic E-state index is 12.1. The van der Waals surface area contributed by atoms with Crippen LogP contribution in [-0.2, 0) is 14.3 Å². The fourth-order valence-electron chi connectivity index (χ4n) is 2.53. The molecule has 2 aliphatic rings. The van der Waals surface area contributed by atoms with E-state index in [4.69, 9.17) is 4.74 Å². The highest BCUT2D eigenvalue weighted by Gasteiger charge is 2.28. The van der Waals surface area contributed by atoms with E-state index in [1.54, 1.807) is 4.90 Å². The molecule has 0 aromatic rings. The summed E-state index contributed by atoms with van der Waals surface area (Å²) in [7, 11) is 0. The van der Waals surface area contributed by atoms with Crippen molar-refractivity contribution in [2.75, 3.05) is 39.4 Å². The van der Waals surface area contributed by atoms with E-state index >= 15 is 0 Å². The van der Waals surface area contributed by atoms with Crippen LogP contribution in [0.4, 0.5) is 0 Å². The SMILES string of the molecule is CC(NC(=O)C(=O)N1CCCNCC1)C1CCOC1. The Morgan fingerprint density at radius 3 is 2.95 bits per heavy atom. The van der Waals surface area contributed by atoms with Gasteiger partial charge in [0.2, 0.25) is 0 Å². The van der Waals surface area contributed by atoms with Crippen molar-refractivity contribution in [3.05, 3.63) is 0 Å². The molecular formula is C13H23N3O3. The van der Waals surface area contributed by atoms with Crippen molar-refractivity contribution >= 4 is 11.8 Å². The number of rotatable bonds is 2. The van der Waals surface area contributed by atoms with Crippen LogP contribution < -0.4 is 10.6 Å². The second-order valence-electron chi connectivity index (χ2n) is 5.28. The van der Waals surface area contributed by atoms with Crippen LogP contribution >= 0.6 is 0 Å². The molecule has 0 aromatic heterocycles. The van der Waals surface area contributed by atoms with Crippen LogP contribution in [0.3, 0.4) is 0 Å². The zero-order valence-corrected chi connectivity index (χ0v) is 11.5. The lowest BCUT2D eigenvalue weighted by Crippen LogP contribution is -2.48. The first-order valence-corrected chi connectivity index (χ1v) is 7.06. The quantitative estimate of drug-likeness (QED) is 0.654. The van der Waals surface area contributed by atoms with Crippen LogP contribution in [0.15, 0.2) is 0 Å². The van der Waals surface area contributed by atoms with E-state index in [1.165, 1.54) is 0 Å². The molecule has 2 rings (SSSR count). The lowest BCUT2D eigenvalue weighted by molar-refractivity contribution is -0.146. The predicted octanol–water partition coefficient (Wildman–Crippen LogP) is -0.650. The molecule has 0 radical (unpaired) electrons. The number of hydrogen-bond donors (Lipinski definition) is 2. The average Bonchev–Trinajstić information content (AvgIpc) is 2.81. The van der Waals surface area contributed by atoms with Gasteiger partial charge in [0.05, 0.1) is 6.61 Å². The largest absolute Gasteiger partial charge is 0.381 e. The van der Waals surface area contributed by atoms with Crippen molar-refractivity contribution in [1.29, 1.82) is 0 Å². The third kappa shape index (κ3) is 3.91. The third-order valence-corrected chi connectivity index (χ3v) is 3.85. The third-order valence-electron chi connectivity index (χ3n) is 3.85. The molecule has 2 atom stereocenters. The summed E-state index contributed by atoms with van der Waals surface area (Å²) in [5.74, 6) is -0.571. The monoisotopic (exact) mass is 269 g/mol. The smallest absolute Gasteiger partial charge is 0.311 e. The van der Waals surface area contributed by atoms with E-state index < -0.39 is 11.8 Å². The van der Waals surface area contributed by atoms with E-state index in [9.17, 15) is 9.59 Å². The van der Waals surface area contributed by atoms with Gasteiger partial charge < -0.3 is 20.3 Å². The van der Waals surface area contributed by atoms with Gasteiger partial charge in [-0.15, -0.1) is 0 Å². The first kappa shape index (κ1) is 14.3. The molecular weight excluding hydrogens is 246 g/mol. The molecule has 0 saturated carbocycles. The molecule has 6 heteroatoms. The van der Waals surface area contributed by atoms with Gasteiger partial charge in [0.1, 0.15) is 0 Å². The van der Waals surface area contributed by atoms with Crippen molar-refractivity contribution < 1.29 is 14.3 Å². The maximum Gasteiger partial charge on any atom is 0.311 e. The number of ether oxygens (including phenoxy) is 1. The van der Waals surface area contributed by atoms with Crippen LogP contribution in [0.25, 0.3) is 0 Å². The standard InChI is InChI=1S/C13H23N3O3/c1-10(11-3-8-19-9-11)15-12(17)13(18)16-6-2-4-14-5-7-16/h10-11,14H,2-9H2,1H3,(H,15,17). The lowest BCUT2D eigenvalue weighted by atomic mass is 10.0. The van der Waals surface area contributed by atoms with Gasteiger partial charge in [0, 0.05) is 38.2 Å². The molecule has 108 valence electrons. The van der Waals surface area contributed by atoms with Crippen LogP contribution in [0.2, 0.25) is 0 Å². The first-order valence-electron chi connectivity index (χ1n) is 7.06. The minimum absolute atomic E-state index is 0.0101. The van der Waals surface area contributed by atoms with Gasteiger partial charge in [-0.3, -0.25) is 9.59 Å². The summed E-state index contributed by atoms with van der Waals surface area (Å²) in [6.45, 7) is 6.27. The summed E-state index contributed by atoms with van der Waals surface area (Å²) in [6, 6.07) is -0.0101. The summed E-state index contributed by atoms with van der Waals surface area (Å²) >= 11 is 0. The summed E-state index contributed by atoms with van der Waals surface area (Å²) in [6.07, 6.45) is 1.84. The summed E-state index contributed by atoms with van der Waals surface area (Å²) in [4.78, 5) is 25.6. The first-order chi connectivity index (χ1) is 9.18. The van der Waals surface area contributed by atoms with Gasteiger partial charge in [-0.05, 0) is 26.3 Å². The fourth-order valence-corrected chi connectivity index (χ4v) is 2.53. The van der Waals surface area contributed by atoms with Crippen molar-refractivity contribution in [2.24, 2.45) is 5.92 Å². The lowest BCUT2D eigenvalue weighted by Gasteiger charge is -2.23. The van der Waals surface area contributed by atoms with Gasteiger partial charge >= 0.3 is 11.8 Å². The Hall–Kier alpha value is -1.14. The predicted molar refractivity (Wildman–Crippen MR) is 70.6 cm³/mol. The van der Waals surface area contributed by atoms with E-state index in [0.717, 1.165) is 32.5 Å². The topological polar surface area (TPSA) is 70.7 Å². The fraction of sp³-hybridized carbons (Fsp3) is 0.846. The molecule has 2 saturated heterocycles. The number of carbonyl (C=O) groups is 2. The van der Waals surface area contributed by atoms with Gasteiger partial charge in [-0.1, -0.05) is 0 Å². The van der Waals surface area contributed by atoms with Crippen molar-refractivity contribution in [3.8, 4) is 0 Å². The highest BCUT2D eigenvalue weighted by molar-refractivity contribution is 6.35. The molecule has 2 heterocycles. The van der Waals surface area contributed by atoms with Crippen LogP contribution in [-0.4, -0.2) is 62.1 Å². The Balaban J connectivity index is 1.82. The molecule has 0 bridgehead atoms. The van der Waals surface area contributed by atoms with E-state index in [0.29, 0.717) is 25.6 Å². The molecule has 0 aromatic carbocycles. The number of nitrogens with zero attached hydrogens (tertiary/aromatic N) is 1. The summed E-state index contributed by atoms with van der Waals surface area (Å²) < 4.78 is 5.30. The molecule has 6 nitrogen and oxygen atoms in total. The summed E-state index contributed by atoms with van der Waals surface area (Å²) in [5, 5.41) is 6.02. The Morgan fingerprint density at radius 2 is 2.21 bits per heavy atom. The number of hydrogen-bond acceptors (Lipinski definition) is 4. The van der Waals surface area contributed by atoms with Crippen LogP contribution in [0, 0.1) is 5.92 Å². The minimum atomic E-state index is -0.485. The number of nitrogens with one attached hydrogen (secondary N) is 2. The van der Waals surface area contributed by atoms with Gasteiger partial charge in [-0.25, -0.2) is 0 Å². The second kappa shape index (κ2) is 6.86. The van der Waals surface area contributed by atoms with E-state index in [2.05, 4.69) is 10.6 Å². The molecule has 19 heavy (non-hydrogen) atoms. The van der Waals surface area contributed by atoms with E-state index in [1.807, 2.05) is 6.92 Å². The molecule has 0 aliphatic carbocycles. The Labute approximate surface area is 113 Å². The molecule has 2 fully saturated rings. The number of carbonyl (C=O) groups excluding carboxylic acids is 2. The molecule has 2 amide bonds. The highest BCUT2D eigenvalue weighted by Crippen LogP contribution is 2.16. The normalized spacial score (nSPS) is 25.7. The highest BCUT2D eigenvalue weighted by atomic mass is 16.5. The Morgan fingerprint density at radius 1 is 1.37 bits per heavy atom. The maximum absolute atomic E-state index is 12.1. The van der Waals surface area contributed by atoms with Crippen molar-refractivity contribution in [2.45, 2.75) is 25.8 Å². The zero-order chi connectivity index (χ0) is 13.7. The molecule has 2 N–H and O–H groups in total. The van der Waals surface area contributed by atoms with Gasteiger partial charge in [0.25, 0.3) is 0 Å².